The van der Waals surface area contributed by atoms with Crippen LogP contribution < -0.4 is 5.32 Å². The van der Waals surface area contributed by atoms with Crippen molar-refractivity contribution in [1.29, 1.82) is 0 Å². The van der Waals surface area contributed by atoms with E-state index in [1.54, 1.807) is 0 Å². The summed E-state index contributed by atoms with van der Waals surface area (Å²) < 4.78 is 22.5. The number of halogens is 2. The molecule has 9 heavy (non-hydrogen) atoms. The fourth-order valence-electron chi connectivity index (χ4n) is 0.263. The first kappa shape index (κ1) is 8.29. The highest BCUT2D eigenvalue weighted by atomic mass is 19.3. The van der Waals surface area contributed by atoms with Crippen LogP contribution in [0, 0.1) is 0 Å². The van der Waals surface area contributed by atoms with E-state index in [4.69, 9.17) is 0 Å². The van der Waals surface area contributed by atoms with Crippen LogP contribution in [0.5, 0.6) is 0 Å². The van der Waals surface area contributed by atoms with Crippen LogP contribution in [0.2, 0.25) is 0 Å². The van der Waals surface area contributed by atoms with Gasteiger partial charge in [-0.05, 0) is 6.92 Å². The third-order valence-corrected chi connectivity index (χ3v) is 0.544. The van der Waals surface area contributed by atoms with Crippen molar-refractivity contribution in [2.45, 2.75) is 19.6 Å². The number of carbonyl (C=O) groups is 1. The summed E-state index contributed by atoms with van der Waals surface area (Å²) in [5.74, 6) is -1.52. The maximum atomic E-state index is 11.2. The van der Waals surface area contributed by atoms with Crippen molar-refractivity contribution in [2.75, 3.05) is 0 Å². The summed E-state index contributed by atoms with van der Waals surface area (Å²) in [4.78, 5) is 9.89. The summed E-state index contributed by atoms with van der Waals surface area (Å²) in [5, 5.41) is 11.5. The molecule has 0 aromatic rings. The topological polar surface area (TPSA) is 49.0 Å². The average Bonchev–Trinajstić information content (AvgIpc) is 1.63. The number of amides is 1. The highest BCUT2D eigenvalue weighted by molar-refractivity contribution is 5.79. The normalized spacial score (nSPS) is 13.4. The number of alkyl halides is 2. The maximum absolute atomic E-state index is 11.2. The maximum Gasteiger partial charge on any atom is 0.315 e. The van der Waals surface area contributed by atoms with E-state index in [1.165, 1.54) is 5.32 Å². The fourth-order valence-corrected chi connectivity index (χ4v) is 0.263. The number of hydrogen-bond donors (Lipinski definition) is 1. The number of carbonyl (C=O) groups excluding carboxylic acids is 1. The van der Waals surface area contributed by atoms with E-state index < -0.39 is 18.6 Å². The van der Waals surface area contributed by atoms with Crippen molar-refractivity contribution < 1.29 is 18.7 Å². The smallest absolute Gasteiger partial charge is 0.315 e. The van der Waals surface area contributed by atoms with Gasteiger partial charge in [-0.3, -0.25) is 4.79 Å². The zero-order chi connectivity index (χ0) is 7.44. The van der Waals surface area contributed by atoms with Gasteiger partial charge in [0.25, 0.3) is 5.91 Å². The van der Waals surface area contributed by atoms with E-state index in [-0.39, 0.29) is 0 Å². The molecule has 1 unspecified atom stereocenters. The molecule has 0 aliphatic heterocycles. The molecule has 1 radical (unpaired) electrons. The van der Waals surface area contributed by atoms with Gasteiger partial charge in [-0.15, -0.1) is 0 Å². The van der Waals surface area contributed by atoms with Gasteiger partial charge >= 0.3 is 6.43 Å². The van der Waals surface area contributed by atoms with E-state index >= 15 is 0 Å². The Morgan fingerprint density at radius 3 is 2.11 bits per heavy atom. The van der Waals surface area contributed by atoms with Crippen molar-refractivity contribution in [3.8, 4) is 0 Å². The standard InChI is InChI=1S/C4H6F2NO2/c1-2(8)7-4(9)3(5)6/h2-3H,1H3,(H,7,9). The van der Waals surface area contributed by atoms with Gasteiger partial charge in [0.1, 0.15) is 0 Å². The van der Waals surface area contributed by atoms with E-state index in [0.29, 0.717) is 0 Å². The summed E-state index contributed by atoms with van der Waals surface area (Å²) in [7, 11) is 0. The molecule has 3 nitrogen and oxygen atoms in total. The molecular formula is C4H6F2NO2. The van der Waals surface area contributed by atoms with Crippen molar-refractivity contribution in [1.82, 2.24) is 5.32 Å². The molecule has 0 spiro atoms. The molecule has 0 aliphatic rings. The number of rotatable bonds is 2. The first-order chi connectivity index (χ1) is 4.04. The Balaban J connectivity index is 3.51. The summed E-state index contributed by atoms with van der Waals surface area (Å²) in [6.07, 6.45) is -4.56. The van der Waals surface area contributed by atoms with Crippen LogP contribution in [0.1, 0.15) is 6.92 Å². The molecule has 0 heterocycles. The van der Waals surface area contributed by atoms with Gasteiger partial charge in [0.05, 0.1) is 0 Å². The van der Waals surface area contributed by atoms with Crippen LogP contribution in [0.4, 0.5) is 8.78 Å². The largest absolute Gasteiger partial charge is 0.323 e. The second-order valence-electron chi connectivity index (χ2n) is 1.45. The van der Waals surface area contributed by atoms with Crippen LogP contribution in [0.25, 0.3) is 0 Å². The third kappa shape index (κ3) is 3.84. The van der Waals surface area contributed by atoms with Gasteiger partial charge < -0.3 is 5.32 Å². The van der Waals surface area contributed by atoms with Crippen molar-refractivity contribution in [3.63, 3.8) is 0 Å². The second-order valence-corrected chi connectivity index (χ2v) is 1.45. The van der Waals surface area contributed by atoms with Crippen LogP contribution in [0.3, 0.4) is 0 Å². The molecule has 0 aromatic heterocycles. The van der Waals surface area contributed by atoms with Crippen molar-refractivity contribution in [2.24, 2.45) is 0 Å². The summed E-state index contributed by atoms with van der Waals surface area (Å²) in [6, 6.07) is 0. The van der Waals surface area contributed by atoms with Crippen LogP contribution in [-0.2, 0) is 9.90 Å². The first-order valence-electron chi connectivity index (χ1n) is 2.28. The predicted molar refractivity (Wildman–Crippen MR) is 24.3 cm³/mol. The fraction of sp³-hybridized carbons (Fsp3) is 0.750. The van der Waals surface area contributed by atoms with Crippen molar-refractivity contribution in [3.05, 3.63) is 0 Å². The van der Waals surface area contributed by atoms with Crippen LogP contribution in [-0.4, -0.2) is 18.6 Å². The summed E-state index contributed by atoms with van der Waals surface area (Å²) >= 11 is 0. The second kappa shape index (κ2) is 3.34. The minimum atomic E-state index is -3.10. The average molecular weight is 138 g/mol. The number of hydrogen-bond acceptors (Lipinski definition) is 1. The van der Waals surface area contributed by atoms with Gasteiger partial charge in [0.15, 0.2) is 6.23 Å². The lowest BCUT2D eigenvalue weighted by molar-refractivity contribution is -0.135. The highest BCUT2D eigenvalue weighted by Gasteiger charge is 2.15. The molecule has 0 rings (SSSR count). The van der Waals surface area contributed by atoms with E-state index in [1.807, 2.05) is 0 Å². The molecule has 5 heteroatoms. The van der Waals surface area contributed by atoms with Crippen LogP contribution in [0.15, 0.2) is 0 Å². The lowest BCUT2D eigenvalue weighted by Crippen LogP contribution is -2.35. The van der Waals surface area contributed by atoms with Gasteiger partial charge in [0.2, 0.25) is 0 Å². The quantitative estimate of drug-likeness (QED) is 0.542. The van der Waals surface area contributed by atoms with Gasteiger partial charge in [-0.1, -0.05) is 0 Å². The summed E-state index contributed by atoms with van der Waals surface area (Å²) in [6.45, 7) is 1.07. The number of nitrogens with one attached hydrogen (secondary N) is 1. The zero-order valence-electron chi connectivity index (χ0n) is 4.73. The van der Waals surface area contributed by atoms with E-state index in [9.17, 15) is 18.7 Å². The molecule has 0 saturated heterocycles. The van der Waals surface area contributed by atoms with Crippen molar-refractivity contribution >= 4 is 5.91 Å². The lowest BCUT2D eigenvalue weighted by atomic mass is 10.5. The highest BCUT2D eigenvalue weighted by Crippen LogP contribution is 1.90. The Labute approximate surface area is 50.7 Å². The molecule has 0 bridgehead atoms. The molecule has 0 aromatic carbocycles. The van der Waals surface area contributed by atoms with E-state index in [2.05, 4.69) is 0 Å². The first-order valence-corrected chi connectivity index (χ1v) is 2.28. The Morgan fingerprint density at radius 2 is 2.00 bits per heavy atom. The van der Waals surface area contributed by atoms with Gasteiger partial charge in [-0.25, -0.2) is 5.11 Å². The molecule has 0 saturated carbocycles. The summed E-state index contributed by atoms with van der Waals surface area (Å²) in [5.41, 5.74) is 0. The molecule has 1 atom stereocenters. The minimum absolute atomic E-state index is 1.07. The molecule has 0 aliphatic carbocycles. The predicted octanol–water partition coefficient (Wildman–Crippen LogP) is 0.144. The molecule has 0 fully saturated rings. The molecule has 1 N–H and O–H groups in total. The molecular weight excluding hydrogens is 132 g/mol. The molecule has 1 amide bonds. The monoisotopic (exact) mass is 138 g/mol. The third-order valence-electron chi connectivity index (χ3n) is 0.544. The lowest BCUT2D eigenvalue weighted by Gasteiger charge is -2.02. The van der Waals surface area contributed by atoms with Gasteiger partial charge in [-0.2, -0.15) is 8.78 Å². The Bertz CT molecular complexity index is 105. The molecule has 53 valence electrons. The minimum Gasteiger partial charge on any atom is -0.323 e. The Kier molecular flexibility index (Phi) is 3.08. The van der Waals surface area contributed by atoms with Gasteiger partial charge in [0, 0.05) is 0 Å². The Morgan fingerprint density at radius 1 is 1.56 bits per heavy atom. The van der Waals surface area contributed by atoms with E-state index in [0.717, 1.165) is 6.92 Å². The SMILES string of the molecule is CC([O])NC(=O)C(F)F. The Hall–Kier alpha value is -0.710. The van der Waals surface area contributed by atoms with Crippen LogP contribution >= 0.6 is 0 Å². The zero-order valence-corrected chi connectivity index (χ0v) is 4.73.